The molecule has 2 aromatic heterocycles. The lowest BCUT2D eigenvalue weighted by Gasteiger charge is -2.26. The van der Waals surface area contributed by atoms with Crippen LogP contribution >= 0.6 is 0 Å². The lowest BCUT2D eigenvalue weighted by atomic mass is 9.93. The summed E-state index contributed by atoms with van der Waals surface area (Å²) < 4.78 is 5.69. The molecule has 24 heavy (non-hydrogen) atoms. The van der Waals surface area contributed by atoms with Gasteiger partial charge in [0.15, 0.2) is 11.6 Å². The van der Waals surface area contributed by atoms with Crippen LogP contribution in [-0.2, 0) is 9.53 Å². The number of aromatic nitrogens is 2. The van der Waals surface area contributed by atoms with Gasteiger partial charge in [-0.05, 0) is 43.9 Å². The van der Waals surface area contributed by atoms with Crippen molar-refractivity contribution in [1.29, 1.82) is 0 Å². The normalized spacial score (nSPS) is 25.8. The molecule has 2 aromatic rings. The Balaban J connectivity index is 1.47. The predicted molar refractivity (Wildman–Crippen MR) is 89.6 cm³/mol. The molecule has 124 valence electrons. The Bertz CT molecular complexity index is 829. The van der Waals surface area contributed by atoms with E-state index in [0.29, 0.717) is 11.6 Å². The quantitative estimate of drug-likeness (QED) is 0.753. The summed E-state index contributed by atoms with van der Waals surface area (Å²) in [7, 11) is 0. The maximum absolute atomic E-state index is 12.2. The fourth-order valence-electron chi connectivity index (χ4n) is 3.22. The molecule has 4 rings (SSSR count). The topological polar surface area (TPSA) is 87.2 Å². The van der Waals surface area contributed by atoms with E-state index in [4.69, 9.17) is 4.74 Å². The Hall–Kier alpha value is -2.60. The third-order valence-electron chi connectivity index (χ3n) is 4.54. The molecule has 3 N–H and O–H groups in total. The third kappa shape index (κ3) is 2.92. The first-order valence-electron chi connectivity index (χ1n) is 8.21. The van der Waals surface area contributed by atoms with Gasteiger partial charge in [-0.2, -0.15) is 0 Å². The van der Waals surface area contributed by atoms with E-state index in [1.165, 1.54) is 6.08 Å². The first-order chi connectivity index (χ1) is 11.7. The smallest absolute Gasteiger partial charge is 0.226 e. The summed E-state index contributed by atoms with van der Waals surface area (Å²) in [5.74, 6) is 0.648. The van der Waals surface area contributed by atoms with Crippen molar-refractivity contribution in [2.45, 2.75) is 37.8 Å². The summed E-state index contributed by atoms with van der Waals surface area (Å²) in [6.45, 7) is 0. The monoisotopic (exact) mass is 325 g/mol. The maximum atomic E-state index is 12.2. The fraction of sp³-hybridized carbons (Fsp3) is 0.333. The highest BCUT2D eigenvalue weighted by molar-refractivity contribution is 6.08. The molecule has 0 unspecified atom stereocenters. The van der Waals surface area contributed by atoms with E-state index in [9.17, 15) is 9.90 Å². The van der Waals surface area contributed by atoms with Crippen molar-refractivity contribution >= 4 is 22.9 Å². The second kappa shape index (κ2) is 6.13. The van der Waals surface area contributed by atoms with Gasteiger partial charge in [0, 0.05) is 35.5 Å². The minimum Gasteiger partial charge on any atom is -0.437 e. The molecule has 0 aromatic carbocycles. The summed E-state index contributed by atoms with van der Waals surface area (Å²) in [5.41, 5.74) is 1.65. The number of carbonyl (C=O) groups is 1. The molecular weight excluding hydrogens is 306 g/mol. The Labute approximate surface area is 139 Å². The number of aliphatic hydroxyl groups excluding tert-OH is 1. The number of ketones is 1. The molecule has 1 fully saturated rings. The minimum atomic E-state index is -0.200. The van der Waals surface area contributed by atoms with Gasteiger partial charge >= 0.3 is 0 Å². The van der Waals surface area contributed by atoms with E-state index in [1.807, 2.05) is 18.3 Å². The van der Waals surface area contributed by atoms with Gasteiger partial charge in [0.05, 0.1) is 6.10 Å². The van der Waals surface area contributed by atoms with Crippen LogP contribution < -0.4 is 5.32 Å². The molecule has 1 aliphatic carbocycles. The molecule has 2 aliphatic rings. The van der Waals surface area contributed by atoms with Crippen LogP contribution in [0.15, 0.2) is 42.2 Å². The molecule has 0 bridgehead atoms. The first kappa shape index (κ1) is 15.0. The number of aliphatic hydroxyl groups is 1. The molecule has 1 aliphatic heterocycles. The third-order valence-corrected chi connectivity index (χ3v) is 4.54. The standard InChI is InChI=1S/C18H19N3O3/c22-13-5-3-12(4-6-13)21-17-9-15(23)16(24-17)8-11-10-20-18-14(11)2-1-7-19-18/h1-2,7-10,12-13,21-22H,3-6H2,(H,19,20)/b16-8-/t12-,13-. The highest BCUT2D eigenvalue weighted by Crippen LogP contribution is 2.25. The largest absolute Gasteiger partial charge is 0.437 e. The summed E-state index contributed by atoms with van der Waals surface area (Å²) in [5, 5.41) is 13.8. The number of allylic oxidation sites excluding steroid dienone is 1. The number of ether oxygens (including phenoxy) is 1. The number of aromatic amines is 1. The zero-order valence-electron chi connectivity index (χ0n) is 13.2. The van der Waals surface area contributed by atoms with Crippen LogP contribution in [0.25, 0.3) is 17.1 Å². The van der Waals surface area contributed by atoms with Gasteiger partial charge in [0.25, 0.3) is 0 Å². The average molecular weight is 325 g/mol. The Kier molecular flexibility index (Phi) is 3.82. The Morgan fingerprint density at radius 1 is 1.33 bits per heavy atom. The average Bonchev–Trinajstić information content (AvgIpc) is 3.14. The molecule has 0 spiro atoms. The number of nitrogens with one attached hydrogen (secondary N) is 2. The van der Waals surface area contributed by atoms with Gasteiger partial charge in [-0.3, -0.25) is 4.79 Å². The van der Waals surface area contributed by atoms with E-state index in [2.05, 4.69) is 15.3 Å². The molecule has 0 amide bonds. The summed E-state index contributed by atoms with van der Waals surface area (Å²) in [6, 6.07) is 4.05. The van der Waals surface area contributed by atoms with Gasteiger partial charge < -0.3 is 20.1 Å². The molecular formula is C18H19N3O3. The molecule has 1 saturated carbocycles. The maximum Gasteiger partial charge on any atom is 0.226 e. The van der Waals surface area contributed by atoms with E-state index in [0.717, 1.165) is 42.3 Å². The second-order valence-electron chi connectivity index (χ2n) is 6.28. The number of H-pyrrole nitrogens is 1. The van der Waals surface area contributed by atoms with Gasteiger partial charge in [-0.1, -0.05) is 0 Å². The van der Waals surface area contributed by atoms with Gasteiger partial charge in [-0.15, -0.1) is 0 Å². The van der Waals surface area contributed by atoms with Crippen molar-refractivity contribution in [3.8, 4) is 0 Å². The minimum absolute atomic E-state index is 0.147. The van der Waals surface area contributed by atoms with Crippen LogP contribution in [0.2, 0.25) is 0 Å². The highest BCUT2D eigenvalue weighted by Gasteiger charge is 2.25. The number of hydrogen-bond donors (Lipinski definition) is 3. The number of rotatable bonds is 3. The van der Waals surface area contributed by atoms with Crippen molar-refractivity contribution in [3.63, 3.8) is 0 Å². The van der Waals surface area contributed by atoms with Crippen LogP contribution in [0.3, 0.4) is 0 Å². The van der Waals surface area contributed by atoms with Crippen molar-refractivity contribution in [1.82, 2.24) is 15.3 Å². The van der Waals surface area contributed by atoms with Crippen molar-refractivity contribution in [2.75, 3.05) is 0 Å². The highest BCUT2D eigenvalue weighted by atomic mass is 16.5. The van der Waals surface area contributed by atoms with Crippen LogP contribution in [-0.4, -0.2) is 33.0 Å². The number of carbonyl (C=O) groups excluding carboxylic acids is 1. The van der Waals surface area contributed by atoms with Gasteiger partial charge in [-0.25, -0.2) is 4.98 Å². The van der Waals surface area contributed by atoms with Crippen LogP contribution in [0.4, 0.5) is 0 Å². The predicted octanol–water partition coefficient (Wildman–Crippen LogP) is 2.24. The van der Waals surface area contributed by atoms with Crippen molar-refractivity contribution < 1.29 is 14.6 Å². The van der Waals surface area contributed by atoms with Gasteiger partial charge in [0.1, 0.15) is 5.65 Å². The molecule has 0 radical (unpaired) electrons. The lowest BCUT2D eigenvalue weighted by molar-refractivity contribution is -0.112. The number of hydrogen-bond acceptors (Lipinski definition) is 5. The lowest BCUT2D eigenvalue weighted by Crippen LogP contribution is -2.34. The zero-order chi connectivity index (χ0) is 16.5. The Morgan fingerprint density at radius 3 is 3.00 bits per heavy atom. The SMILES string of the molecule is O=C1C=C(N[C@H]2CC[C@H](O)CC2)O/C1=C\c1c[nH]c2ncccc12. The Morgan fingerprint density at radius 2 is 2.17 bits per heavy atom. The summed E-state index contributed by atoms with van der Waals surface area (Å²) in [6.07, 6.45) is 9.88. The molecule has 0 saturated heterocycles. The molecule has 0 atom stereocenters. The van der Waals surface area contributed by atoms with Crippen molar-refractivity contribution in [3.05, 3.63) is 47.8 Å². The summed E-state index contributed by atoms with van der Waals surface area (Å²) >= 11 is 0. The van der Waals surface area contributed by atoms with Crippen molar-refractivity contribution in [2.24, 2.45) is 0 Å². The fourth-order valence-corrected chi connectivity index (χ4v) is 3.22. The molecule has 3 heterocycles. The van der Waals surface area contributed by atoms with Crippen LogP contribution in [0, 0.1) is 0 Å². The van der Waals surface area contributed by atoms with E-state index < -0.39 is 0 Å². The van der Waals surface area contributed by atoms with E-state index >= 15 is 0 Å². The summed E-state index contributed by atoms with van der Waals surface area (Å²) in [4.78, 5) is 19.5. The van der Waals surface area contributed by atoms with Crippen LogP contribution in [0.5, 0.6) is 0 Å². The number of nitrogens with zero attached hydrogens (tertiary/aromatic N) is 1. The van der Waals surface area contributed by atoms with Gasteiger partial charge in [0.2, 0.25) is 5.78 Å². The van der Waals surface area contributed by atoms with E-state index in [1.54, 1.807) is 12.3 Å². The first-order valence-corrected chi connectivity index (χ1v) is 8.21. The second-order valence-corrected chi connectivity index (χ2v) is 6.28. The zero-order valence-corrected chi connectivity index (χ0v) is 13.2. The number of fused-ring (bicyclic) bond motifs is 1. The van der Waals surface area contributed by atoms with Crippen LogP contribution in [0.1, 0.15) is 31.2 Å². The van der Waals surface area contributed by atoms with E-state index in [-0.39, 0.29) is 17.9 Å². The molecule has 6 nitrogen and oxygen atoms in total. The number of pyridine rings is 1. The molecule has 6 heteroatoms.